The molecule has 3 heterocycles. The predicted octanol–water partition coefficient (Wildman–Crippen LogP) is 4.46. The molecule has 0 N–H and O–H groups in total. The van der Waals surface area contributed by atoms with Gasteiger partial charge in [-0.2, -0.15) is 4.98 Å². The number of hydrogen-bond donors (Lipinski definition) is 0. The number of rotatable bonds is 7. The number of carbonyl (C=O) groups excluding carboxylic acids is 1. The number of fused-ring (bicyclic) bond motifs is 1. The molecule has 0 amide bonds. The van der Waals surface area contributed by atoms with Crippen LogP contribution in [0.15, 0.2) is 64.4 Å². The van der Waals surface area contributed by atoms with Crippen molar-refractivity contribution < 1.29 is 13.9 Å². The molecule has 0 bridgehead atoms. The third-order valence-corrected chi connectivity index (χ3v) is 8.13. The van der Waals surface area contributed by atoms with Crippen LogP contribution in [-0.2, 0) is 16.1 Å². The van der Waals surface area contributed by atoms with Gasteiger partial charge in [0.05, 0.1) is 6.61 Å². The maximum absolute atomic E-state index is 14.3. The Bertz CT molecular complexity index is 1490. The Hall–Kier alpha value is -3.85. The van der Waals surface area contributed by atoms with Gasteiger partial charge >= 0.3 is 11.7 Å². The molecule has 1 saturated heterocycles. The molecule has 0 radical (unpaired) electrons. The number of halogens is 1. The van der Waals surface area contributed by atoms with Crippen molar-refractivity contribution in [2.75, 3.05) is 37.7 Å². The highest BCUT2D eigenvalue weighted by atomic mass is 19.1. The van der Waals surface area contributed by atoms with Crippen LogP contribution in [-0.4, -0.2) is 58.9 Å². The summed E-state index contributed by atoms with van der Waals surface area (Å²) in [6, 6.07) is 16.8. The normalized spacial score (nSPS) is 21.1. The topological polar surface area (TPSA) is 80.0 Å². The van der Waals surface area contributed by atoms with Crippen molar-refractivity contribution in [2.24, 2.45) is 10.9 Å². The van der Waals surface area contributed by atoms with Gasteiger partial charge in [-0.15, -0.1) is 0 Å². The Labute approximate surface area is 233 Å². The first-order valence-electron chi connectivity index (χ1n) is 14.1. The zero-order valence-electron chi connectivity index (χ0n) is 22.9. The summed E-state index contributed by atoms with van der Waals surface area (Å²) in [5.41, 5.74) is 2.77. The van der Waals surface area contributed by atoms with Gasteiger partial charge < -0.3 is 9.64 Å². The van der Waals surface area contributed by atoms with Crippen LogP contribution in [0.5, 0.6) is 0 Å². The van der Waals surface area contributed by atoms with Crippen LogP contribution in [0.2, 0.25) is 0 Å². The number of piperazine rings is 1. The predicted molar refractivity (Wildman–Crippen MR) is 152 cm³/mol. The van der Waals surface area contributed by atoms with Gasteiger partial charge in [-0.05, 0) is 38.3 Å². The Morgan fingerprint density at radius 3 is 2.40 bits per heavy atom. The van der Waals surface area contributed by atoms with E-state index in [0.717, 1.165) is 24.0 Å². The molecule has 9 heteroatoms. The first-order chi connectivity index (χ1) is 19.5. The smallest absolute Gasteiger partial charge is 0.351 e. The van der Waals surface area contributed by atoms with E-state index in [1.807, 2.05) is 49.4 Å². The molecule has 2 aliphatic heterocycles. The molecule has 3 aliphatic rings. The van der Waals surface area contributed by atoms with Crippen LogP contribution in [0.1, 0.15) is 55.3 Å². The van der Waals surface area contributed by atoms with E-state index in [-0.39, 0.29) is 30.1 Å². The van der Waals surface area contributed by atoms with Crippen molar-refractivity contribution in [1.29, 1.82) is 0 Å². The molecule has 2 atom stereocenters. The number of ether oxygens (including phenoxy) is 1. The van der Waals surface area contributed by atoms with Crippen molar-refractivity contribution in [1.82, 2.24) is 14.5 Å². The van der Waals surface area contributed by atoms with E-state index in [2.05, 4.69) is 14.8 Å². The minimum Gasteiger partial charge on any atom is -0.465 e. The van der Waals surface area contributed by atoms with Gasteiger partial charge in [0.15, 0.2) is 0 Å². The second kappa shape index (κ2) is 11.0. The molecule has 2 unspecified atom stereocenters. The number of aromatic nitrogens is 2. The highest BCUT2D eigenvalue weighted by Gasteiger charge is 2.44. The first-order valence-corrected chi connectivity index (χ1v) is 14.1. The molecule has 1 aromatic heterocycles. The Balaban J connectivity index is 1.42. The summed E-state index contributed by atoms with van der Waals surface area (Å²) in [4.78, 5) is 40.8. The third kappa shape index (κ3) is 4.94. The molecular weight excluding hydrogens is 509 g/mol. The lowest BCUT2D eigenvalue weighted by molar-refractivity contribution is -0.146. The van der Waals surface area contributed by atoms with Gasteiger partial charge in [0.2, 0.25) is 0 Å². The van der Waals surface area contributed by atoms with E-state index in [1.54, 1.807) is 17.6 Å². The summed E-state index contributed by atoms with van der Waals surface area (Å²) < 4.78 is 21.6. The van der Waals surface area contributed by atoms with Crippen LogP contribution in [0, 0.1) is 11.7 Å². The molecule has 208 valence electrons. The van der Waals surface area contributed by atoms with Gasteiger partial charge in [0, 0.05) is 61.5 Å². The van der Waals surface area contributed by atoms with E-state index in [9.17, 15) is 14.0 Å². The minimum atomic E-state index is -0.622. The molecule has 40 heavy (non-hydrogen) atoms. The SMILES string of the molecule is CCOC(=O)C1C(C)=Nc2c(c(N3CCN(Cc4ccccc4F)CC3)nc(=O)n2C2CC2)C1c1ccccc1. The summed E-state index contributed by atoms with van der Waals surface area (Å²) >= 11 is 0. The summed E-state index contributed by atoms with van der Waals surface area (Å²) in [6.45, 7) is 7.07. The Morgan fingerprint density at radius 2 is 1.73 bits per heavy atom. The number of benzene rings is 2. The Kier molecular flexibility index (Phi) is 7.23. The first kappa shape index (κ1) is 26.4. The van der Waals surface area contributed by atoms with E-state index >= 15 is 0 Å². The molecule has 2 fully saturated rings. The number of aliphatic imine (C=N–C) groups is 1. The van der Waals surface area contributed by atoms with Crippen LogP contribution >= 0.6 is 0 Å². The zero-order chi connectivity index (χ0) is 27.8. The van der Waals surface area contributed by atoms with E-state index in [1.165, 1.54) is 6.07 Å². The molecule has 1 aliphatic carbocycles. The lowest BCUT2D eigenvalue weighted by atomic mass is 9.76. The van der Waals surface area contributed by atoms with Gasteiger partial charge in [0.1, 0.15) is 23.4 Å². The molecule has 8 nitrogen and oxygen atoms in total. The van der Waals surface area contributed by atoms with E-state index in [4.69, 9.17) is 9.73 Å². The average Bonchev–Trinajstić information content (AvgIpc) is 3.79. The van der Waals surface area contributed by atoms with Gasteiger partial charge in [-0.25, -0.2) is 14.2 Å². The van der Waals surface area contributed by atoms with Crippen LogP contribution in [0.4, 0.5) is 16.0 Å². The molecule has 0 spiro atoms. The fourth-order valence-electron chi connectivity index (χ4n) is 6.01. The molecule has 1 saturated carbocycles. The zero-order valence-corrected chi connectivity index (χ0v) is 22.9. The van der Waals surface area contributed by atoms with E-state index in [0.29, 0.717) is 55.6 Å². The molecule has 3 aromatic rings. The van der Waals surface area contributed by atoms with Crippen molar-refractivity contribution >= 4 is 23.3 Å². The second-order valence-corrected chi connectivity index (χ2v) is 10.8. The maximum Gasteiger partial charge on any atom is 0.351 e. The molecular formula is C31H34FN5O3. The van der Waals surface area contributed by atoms with Gasteiger partial charge in [-0.3, -0.25) is 14.3 Å². The lowest BCUT2D eigenvalue weighted by Crippen LogP contribution is -2.48. The quantitative estimate of drug-likeness (QED) is 0.410. The number of anilines is 1. The number of carbonyl (C=O) groups is 1. The number of nitrogens with zero attached hydrogens (tertiary/aromatic N) is 5. The second-order valence-electron chi connectivity index (χ2n) is 10.8. The van der Waals surface area contributed by atoms with Crippen LogP contribution < -0.4 is 10.6 Å². The highest BCUT2D eigenvalue weighted by molar-refractivity contribution is 6.05. The van der Waals surface area contributed by atoms with Crippen molar-refractivity contribution in [3.05, 3.63) is 87.6 Å². The fourth-order valence-corrected chi connectivity index (χ4v) is 6.01. The summed E-state index contributed by atoms with van der Waals surface area (Å²) in [7, 11) is 0. The number of hydrogen-bond acceptors (Lipinski definition) is 7. The average molecular weight is 544 g/mol. The summed E-state index contributed by atoms with van der Waals surface area (Å²) in [5, 5.41) is 0. The fraction of sp³-hybridized carbons (Fsp3) is 0.419. The highest BCUT2D eigenvalue weighted by Crippen LogP contribution is 2.49. The molecule has 6 rings (SSSR count). The lowest BCUT2D eigenvalue weighted by Gasteiger charge is -2.39. The standard InChI is InChI=1S/C31H34FN5O3/c1-3-40-30(38)25-20(2)33-29-27(26(25)21-9-5-4-6-10-21)28(34-31(39)37(29)23-13-14-23)36-17-15-35(16-18-36)19-22-11-7-8-12-24(22)32/h4-12,23,25-26H,3,13-19H2,1-2H3. The van der Waals surface area contributed by atoms with Crippen LogP contribution in [0.25, 0.3) is 0 Å². The number of esters is 1. The summed E-state index contributed by atoms with van der Waals surface area (Å²) in [5.74, 6) is -0.346. The monoisotopic (exact) mass is 543 g/mol. The van der Waals surface area contributed by atoms with E-state index < -0.39 is 11.8 Å². The minimum absolute atomic E-state index is 0.0764. The van der Waals surface area contributed by atoms with Crippen LogP contribution in [0.3, 0.4) is 0 Å². The Morgan fingerprint density at radius 1 is 1.02 bits per heavy atom. The van der Waals surface area contributed by atoms with Crippen molar-refractivity contribution in [2.45, 2.75) is 45.2 Å². The third-order valence-electron chi connectivity index (χ3n) is 8.13. The molecule has 2 aromatic carbocycles. The summed E-state index contributed by atoms with van der Waals surface area (Å²) in [6.07, 6.45) is 1.82. The largest absolute Gasteiger partial charge is 0.465 e. The van der Waals surface area contributed by atoms with Gasteiger partial charge in [-0.1, -0.05) is 48.5 Å². The van der Waals surface area contributed by atoms with Crippen molar-refractivity contribution in [3.8, 4) is 0 Å². The maximum atomic E-state index is 14.3. The van der Waals surface area contributed by atoms with Gasteiger partial charge in [0.25, 0.3) is 0 Å². The van der Waals surface area contributed by atoms with Crippen molar-refractivity contribution in [3.63, 3.8) is 0 Å².